The first kappa shape index (κ1) is 16.6. The lowest BCUT2D eigenvalue weighted by molar-refractivity contribution is -0.159. The second-order valence-electron chi connectivity index (χ2n) is 5.66. The van der Waals surface area contributed by atoms with Crippen molar-refractivity contribution in [1.29, 1.82) is 0 Å². The molecular weight excluding hydrogens is 277 g/mol. The SMILES string of the molecule is CC(C)(C)OC(=O)[C@@H]1CCCN1C(=O)NCC(F)(F)F. The van der Waals surface area contributed by atoms with Crippen LogP contribution in [0.1, 0.15) is 33.6 Å². The summed E-state index contributed by atoms with van der Waals surface area (Å²) in [7, 11) is 0. The number of likely N-dealkylation sites (tertiary alicyclic amines) is 1. The number of halogens is 3. The summed E-state index contributed by atoms with van der Waals surface area (Å²) in [5, 5.41) is 1.77. The highest BCUT2D eigenvalue weighted by Gasteiger charge is 2.38. The predicted molar refractivity (Wildman–Crippen MR) is 65.0 cm³/mol. The van der Waals surface area contributed by atoms with E-state index in [1.807, 2.05) is 0 Å². The summed E-state index contributed by atoms with van der Waals surface area (Å²) in [6, 6.07) is -1.71. The maximum Gasteiger partial charge on any atom is 0.405 e. The van der Waals surface area contributed by atoms with Crippen molar-refractivity contribution in [2.24, 2.45) is 0 Å². The Balaban J connectivity index is 2.60. The minimum Gasteiger partial charge on any atom is -0.458 e. The smallest absolute Gasteiger partial charge is 0.405 e. The lowest BCUT2D eigenvalue weighted by Crippen LogP contribution is -2.49. The minimum absolute atomic E-state index is 0.244. The number of nitrogens with zero attached hydrogens (tertiary/aromatic N) is 1. The molecule has 20 heavy (non-hydrogen) atoms. The molecule has 1 aliphatic heterocycles. The van der Waals surface area contributed by atoms with Crippen molar-refractivity contribution in [3.63, 3.8) is 0 Å². The molecule has 0 aromatic carbocycles. The van der Waals surface area contributed by atoms with E-state index < -0.39 is 36.4 Å². The minimum atomic E-state index is -4.48. The van der Waals surface area contributed by atoms with Gasteiger partial charge in [-0.25, -0.2) is 9.59 Å². The van der Waals surface area contributed by atoms with Gasteiger partial charge in [0.25, 0.3) is 0 Å². The summed E-state index contributed by atoms with van der Waals surface area (Å²) in [6.45, 7) is 3.90. The lowest BCUT2D eigenvalue weighted by Gasteiger charge is -2.27. The summed E-state index contributed by atoms with van der Waals surface area (Å²) in [4.78, 5) is 24.7. The monoisotopic (exact) mass is 296 g/mol. The highest BCUT2D eigenvalue weighted by Crippen LogP contribution is 2.21. The van der Waals surface area contributed by atoms with Crippen molar-refractivity contribution in [2.45, 2.75) is 51.4 Å². The molecule has 116 valence electrons. The number of esters is 1. The van der Waals surface area contributed by atoms with E-state index in [0.29, 0.717) is 12.8 Å². The largest absolute Gasteiger partial charge is 0.458 e. The van der Waals surface area contributed by atoms with Gasteiger partial charge in [0.1, 0.15) is 18.2 Å². The molecule has 1 saturated heterocycles. The Morgan fingerprint density at radius 2 is 1.90 bits per heavy atom. The van der Waals surface area contributed by atoms with Crippen LogP contribution in [0.3, 0.4) is 0 Å². The van der Waals surface area contributed by atoms with Crippen LogP contribution in [0, 0.1) is 0 Å². The van der Waals surface area contributed by atoms with Gasteiger partial charge in [-0.2, -0.15) is 13.2 Å². The van der Waals surface area contributed by atoms with Crippen LogP contribution in [0.2, 0.25) is 0 Å². The van der Waals surface area contributed by atoms with Crippen LogP contribution in [0.5, 0.6) is 0 Å². The number of rotatable bonds is 2. The van der Waals surface area contributed by atoms with Crippen LogP contribution in [-0.2, 0) is 9.53 Å². The summed E-state index contributed by atoms with van der Waals surface area (Å²) in [5.74, 6) is -0.586. The van der Waals surface area contributed by atoms with Crippen LogP contribution < -0.4 is 5.32 Å². The van der Waals surface area contributed by atoms with E-state index in [9.17, 15) is 22.8 Å². The van der Waals surface area contributed by atoms with Crippen molar-refractivity contribution in [3.05, 3.63) is 0 Å². The van der Waals surface area contributed by atoms with E-state index in [1.54, 1.807) is 26.1 Å². The zero-order valence-electron chi connectivity index (χ0n) is 11.7. The average molecular weight is 296 g/mol. The van der Waals surface area contributed by atoms with E-state index in [4.69, 9.17) is 4.74 Å². The summed E-state index contributed by atoms with van der Waals surface area (Å²) in [5.41, 5.74) is -0.701. The molecule has 1 aliphatic rings. The summed E-state index contributed by atoms with van der Waals surface area (Å²) in [6.07, 6.45) is -3.52. The van der Waals surface area contributed by atoms with Gasteiger partial charge in [0.05, 0.1) is 0 Å². The van der Waals surface area contributed by atoms with E-state index in [1.165, 1.54) is 0 Å². The molecule has 1 N–H and O–H groups in total. The second-order valence-corrected chi connectivity index (χ2v) is 5.66. The number of ether oxygens (including phenoxy) is 1. The maximum atomic E-state index is 12.1. The maximum absolute atomic E-state index is 12.1. The highest BCUT2D eigenvalue weighted by atomic mass is 19.4. The molecule has 1 fully saturated rings. The van der Waals surface area contributed by atoms with Crippen molar-refractivity contribution >= 4 is 12.0 Å². The van der Waals surface area contributed by atoms with Crippen molar-refractivity contribution in [3.8, 4) is 0 Å². The predicted octanol–water partition coefficient (Wildman–Crippen LogP) is 2.06. The third-order valence-corrected chi connectivity index (χ3v) is 2.63. The van der Waals surface area contributed by atoms with Gasteiger partial charge in [-0.15, -0.1) is 0 Å². The number of urea groups is 1. The molecule has 1 atom stereocenters. The standard InChI is InChI=1S/C12H19F3N2O3/c1-11(2,3)20-9(18)8-5-4-6-17(8)10(19)16-7-12(13,14)15/h8H,4-7H2,1-3H3,(H,16,19)/t8-/m0/s1. The average Bonchev–Trinajstić information content (AvgIpc) is 2.71. The van der Waals surface area contributed by atoms with Gasteiger partial charge in [-0.05, 0) is 33.6 Å². The zero-order valence-corrected chi connectivity index (χ0v) is 11.7. The molecule has 0 saturated carbocycles. The van der Waals surface area contributed by atoms with Crippen molar-refractivity contribution < 1.29 is 27.5 Å². The molecule has 0 aromatic heterocycles. The molecule has 0 radical (unpaired) electrons. The van der Waals surface area contributed by atoms with Crippen LogP contribution in [0.4, 0.5) is 18.0 Å². The third kappa shape index (κ3) is 5.26. The first-order valence-corrected chi connectivity index (χ1v) is 6.34. The molecule has 2 amide bonds. The molecule has 0 bridgehead atoms. The van der Waals surface area contributed by atoms with Crippen LogP contribution in [-0.4, -0.2) is 47.8 Å². The first-order valence-electron chi connectivity index (χ1n) is 6.34. The van der Waals surface area contributed by atoms with Crippen LogP contribution >= 0.6 is 0 Å². The Hall–Kier alpha value is -1.47. The second kappa shape index (κ2) is 5.88. The van der Waals surface area contributed by atoms with Crippen LogP contribution in [0.25, 0.3) is 0 Å². The fraction of sp³-hybridized carbons (Fsp3) is 0.833. The summed E-state index contributed by atoms with van der Waals surface area (Å²) >= 11 is 0. The van der Waals surface area contributed by atoms with Gasteiger partial charge in [-0.1, -0.05) is 0 Å². The number of carbonyl (C=O) groups excluding carboxylic acids is 2. The molecule has 0 aromatic rings. The van der Waals surface area contributed by atoms with Gasteiger partial charge in [0.2, 0.25) is 0 Å². The van der Waals surface area contributed by atoms with Crippen molar-refractivity contribution in [1.82, 2.24) is 10.2 Å². The number of amides is 2. The Kier molecular flexibility index (Phi) is 4.88. The van der Waals surface area contributed by atoms with Crippen LogP contribution in [0.15, 0.2) is 0 Å². The Labute approximate surface area is 115 Å². The molecule has 0 aliphatic carbocycles. The molecule has 5 nitrogen and oxygen atoms in total. The van der Waals surface area contributed by atoms with E-state index in [2.05, 4.69) is 0 Å². The number of alkyl halides is 3. The highest BCUT2D eigenvalue weighted by molar-refractivity contribution is 5.84. The number of carbonyl (C=O) groups is 2. The van der Waals surface area contributed by atoms with Gasteiger partial charge >= 0.3 is 18.2 Å². The topological polar surface area (TPSA) is 58.6 Å². The first-order chi connectivity index (χ1) is 8.99. The third-order valence-electron chi connectivity index (χ3n) is 2.63. The lowest BCUT2D eigenvalue weighted by atomic mass is 10.1. The Morgan fingerprint density at radius 3 is 2.40 bits per heavy atom. The van der Waals surface area contributed by atoms with Gasteiger partial charge in [-0.3, -0.25) is 0 Å². The molecule has 1 heterocycles. The van der Waals surface area contributed by atoms with E-state index in [0.717, 1.165) is 4.90 Å². The number of hydrogen-bond acceptors (Lipinski definition) is 3. The molecule has 0 spiro atoms. The fourth-order valence-electron chi connectivity index (χ4n) is 1.90. The van der Waals surface area contributed by atoms with E-state index in [-0.39, 0.29) is 6.54 Å². The molecular formula is C12H19F3N2O3. The van der Waals surface area contributed by atoms with Gasteiger partial charge in [0.15, 0.2) is 0 Å². The molecule has 0 unspecified atom stereocenters. The fourth-order valence-corrected chi connectivity index (χ4v) is 1.90. The molecule has 8 heteroatoms. The van der Waals surface area contributed by atoms with Gasteiger partial charge in [0, 0.05) is 6.54 Å². The van der Waals surface area contributed by atoms with Gasteiger partial charge < -0.3 is 15.0 Å². The zero-order chi connectivity index (χ0) is 15.6. The Morgan fingerprint density at radius 1 is 1.30 bits per heavy atom. The number of hydrogen-bond donors (Lipinski definition) is 1. The van der Waals surface area contributed by atoms with E-state index >= 15 is 0 Å². The Bertz CT molecular complexity index is 377. The summed E-state index contributed by atoms with van der Waals surface area (Å²) < 4.78 is 41.3. The number of nitrogens with one attached hydrogen (secondary N) is 1. The van der Waals surface area contributed by atoms with Crippen molar-refractivity contribution in [2.75, 3.05) is 13.1 Å². The quantitative estimate of drug-likeness (QED) is 0.794. The molecule has 1 rings (SSSR count). The normalized spacial score (nSPS) is 19.9.